The third-order valence-corrected chi connectivity index (χ3v) is 3.41. The molecule has 1 aromatic carbocycles. The number of aliphatic hydroxyl groups excluding tert-OH is 1. The van der Waals surface area contributed by atoms with Crippen molar-refractivity contribution in [2.75, 3.05) is 0 Å². The van der Waals surface area contributed by atoms with E-state index in [1.807, 2.05) is 24.3 Å². The Balaban J connectivity index is 1.80. The maximum atomic E-state index is 9.56. The van der Waals surface area contributed by atoms with Crippen LogP contribution in [0.2, 0.25) is 5.02 Å². The topological polar surface area (TPSA) is 32.3 Å². The minimum atomic E-state index is -0.114. The fourth-order valence-corrected chi connectivity index (χ4v) is 2.34. The molecule has 2 atom stereocenters. The second kappa shape index (κ2) is 5.67. The van der Waals surface area contributed by atoms with Crippen molar-refractivity contribution in [2.45, 2.75) is 44.4 Å². The molecule has 2 N–H and O–H groups in total. The average molecular weight is 240 g/mol. The predicted octanol–water partition coefficient (Wildman–Crippen LogP) is 2.73. The summed E-state index contributed by atoms with van der Waals surface area (Å²) in [5, 5.41) is 13.8. The van der Waals surface area contributed by atoms with E-state index in [-0.39, 0.29) is 6.10 Å². The van der Waals surface area contributed by atoms with E-state index in [0.29, 0.717) is 6.04 Å². The SMILES string of the molecule is OC1CCCC(NCc2ccc(Cl)cc2)C1. The summed E-state index contributed by atoms with van der Waals surface area (Å²) in [6.07, 6.45) is 4.02. The second-order valence-corrected chi connectivity index (χ2v) is 4.96. The van der Waals surface area contributed by atoms with Crippen LogP contribution in [-0.4, -0.2) is 17.3 Å². The summed E-state index contributed by atoms with van der Waals surface area (Å²) < 4.78 is 0. The highest BCUT2D eigenvalue weighted by Gasteiger charge is 2.19. The lowest BCUT2D eigenvalue weighted by molar-refractivity contribution is 0.111. The van der Waals surface area contributed by atoms with Gasteiger partial charge in [-0.15, -0.1) is 0 Å². The number of halogens is 1. The van der Waals surface area contributed by atoms with Crippen molar-refractivity contribution >= 4 is 11.6 Å². The van der Waals surface area contributed by atoms with Crippen molar-refractivity contribution in [3.05, 3.63) is 34.9 Å². The first-order chi connectivity index (χ1) is 7.74. The number of rotatable bonds is 3. The standard InChI is InChI=1S/C13H18ClNO/c14-11-6-4-10(5-7-11)9-15-12-2-1-3-13(16)8-12/h4-7,12-13,15-16H,1-3,8-9H2. The van der Waals surface area contributed by atoms with Crippen LogP contribution in [0.5, 0.6) is 0 Å². The first kappa shape index (κ1) is 11.9. The van der Waals surface area contributed by atoms with E-state index in [1.165, 1.54) is 12.0 Å². The van der Waals surface area contributed by atoms with E-state index < -0.39 is 0 Å². The Morgan fingerprint density at radius 1 is 1.25 bits per heavy atom. The van der Waals surface area contributed by atoms with Crippen molar-refractivity contribution < 1.29 is 5.11 Å². The van der Waals surface area contributed by atoms with Crippen molar-refractivity contribution in [1.29, 1.82) is 0 Å². The lowest BCUT2D eigenvalue weighted by atomic mass is 9.93. The molecular formula is C13H18ClNO. The summed E-state index contributed by atoms with van der Waals surface area (Å²) in [7, 11) is 0. The Labute approximate surface area is 102 Å². The molecular weight excluding hydrogens is 222 g/mol. The largest absolute Gasteiger partial charge is 0.393 e. The van der Waals surface area contributed by atoms with Gasteiger partial charge in [0.1, 0.15) is 0 Å². The Bertz CT molecular complexity index is 325. The van der Waals surface area contributed by atoms with E-state index in [1.54, 1.807) is 0 Å². The summed E-state index contributed by atoms with van der Waals surface area (Å²) in [5.41, 5.74) is 1.24. The molecule has 1 aliphatic rings. The summed E-state index contributed by atoms with van der Waals surface area (Å²) >= 11 is 5.83. The van der Waals surface area contributed by atoms with Gasteiger partial charge in [0.15, 0.2) is 0 Å². The number of hydrogen-bond donors (Lipinski definition) is 2. The zero-order valence-corrected chi connectivity index (χ0v) is 10.1. The molecule has 1 aromatic rings. The number of benzene rings is 1. The summed E-state index contributed by atoms with van der Waals surface area (Å²) in [4.78, 5) is 0. The van der Waals surface area contributed by atoms with Crippen LogP contribution in [0.15, 0.2) is 24.3 Å². The third kappa shape index (κ3) is 3.48. The van der Waals surface area contributed by atoms with Gasteiger partial charge in [-0.3, -0.25) is 0 Å². The average Bonchev–Trinajstić information content (AvgIpc) is 2.28. The van der Waals surface area contributed by atoms with Gasteiger partial charge in [-0.25, -0.2) is 0 Å². The zero-order chi connectivity index (χ0) is 11.4. The monoisotopic (exact) mass is 239 g/mol. The molecule has 2 rings (SSSR count). The Morgan fingerprint density at radius 3 is 2.69 bits per heavy atom. The number of nitrogens with one attached hydrogen (secondary N) is 1. The minimum absolute atomic E-state index is 0.114. The Hall–Kier alpha value is -0.570. The minimum Gasteiger partial charge on any atom is -0.393 e. The lowest BCUT2D eigenvalue weighted by Crippen LogP contribution is -2.35. The Morgan fingerprint density at radius 2 is 2.00 bits per heavy atom. The highest BCUT2D eigenvalue weighted by atomic mass is 35.5. The summed E-state index contributed by atoms with van der Waals surface area (Å²) in [6, 6.07) is 8.35. The van der Waals surface area contributed by atoms with Gasteiger partial charge in [0.2, 0.25) is 0 Å². The number of hydrogen-bond acceptors (Lipinski definition) is 2. The van der Waals surface area contributed by atoms with E-state index in [9.17, 15) is 5.11 Å². The quantitative estimate of drug-likeness (QED) is 0.850. The molecule has 0 aromatic heterocycles. The molecule has 2 unspecified atom stereocenters. The molecule has 0 amide bonds. The van der Waals surface area contributed by atoms with Gasteiger partial charge >= 0.3 is 0 Å². The van der Waals surface area contributed by atoms with Crippen molar-refractivity contribution in [1.82, 2.24) is 5.32 Å². The van der Waals surface area contributed by atoms with Gasteiger partial charge in [-0.05, 0) is 43.4 Å². The fourth-order valence-electron chi connectivity index (χ4n) is 2.21. The molecule has 0 radical (unpaired) electrons. The molecule has 0 saturated heterocycles. The normalized spacial score (nSPS) is 25.6. The van der Waals surface area contributed by atoms with Crippen LogP contribution < -0.4 is 5.32 Å². The molecule has 0 aliphatic heterocycles. The van der Waals surface area contributed by atoms with Crippen molar-refractivity contribution in [2.24, 2.45) is 0 Å². The second-order valence-electron chi connectivity index (χ2n) is 4.52. The van der Waals surface area contributed by atoms with E-state index in [4.69, 9.17) is 11.6 Å². The first-order valence-corrected chi connectivity index (χ1v) is 6.28. The number of aliphatic hydroxyl groups is 1. The highest BCUT2D eigenvalue weighted by Crippen LogP contribution is 2.18. The van der Waals surface area contributed by atoms with Gasteiger partial charge in [0, 0.05) is 17.6 Å². The van der Waals surface area contributed by atoms with Crippen LogP contribution >= 0.6 is 11.6 Å². The smallest absolute Gasteiger partial charge is 0.0555 e. The van der Waals surface area contributed by atoms with Crippen molar-refractivity contribution in [3.8, 4) is 0 Å². The van der Waals surface area contributed by atoms with Crippen LogP contribution in [0.1, 0.15) is 31.2 Å². The molecule has 3 heteroatoms. The highest BCUT2D eigenvalue weighted by molar-refractivity contribution is 6.30. The van der Waals surface area contributed by atoms with E-state index >= 15 is 0 Å². The van der Waals surface area contributed by atoms with E-state index in [0.717, 1.165) is 30.8 Å². The third-order valence-electron chi connectivity index (χ3n) is 3.15. The lowest BCUT2D eigenvalue weighted by Gasteiger charge is -2.26. The maximum absolute atomic E-state index is 9.56. The molecule has 1 saturated carbocycles. The van der Waals surface area contributed by atoms with Crippen LogP contribution in [0.4, 0.5) is 0 Å². The molecule has 0 heterocycles. The van der Waals surface area contributed by atoms with Crippen molar-refractivity contribution in [3.63, 3.8) is 0 Å². The molecule has 0 spiro atoms. The molecule has 88 valence electrons. The van der Waals surface area contributed by atoms with Gasteiger partial charge in [-0.1, -0.05) is 23.7 Å². The maximum Gasteiger partial charge on any atom is 0.0555 e. The van der Waals surface area contributed by atoms with Crippen LogP contribution in [0.25, 0.3) is 0 Å². The van der Waals surface area contributed by atoms with E-state index in [2.05, 4.69) is 5.32 Å². The molecule has 2 nitrogen and oxygen atoms in total. The molecule has 1 aliphatic carbocycles. The predicted molar refractivity (Wildman–Crippen MR) is 66.6 cm³/mol. The van der Waals surface area contributed by atoms with Crippen LogP contribution in [0, 0.1) is 0 Å². The first-order valence-electron chi connectivity index (χ1n) is 5.90. The fraction of sp³-hybridized carbons (Fsp3) is 0.538. The van der Waals surface area contributed by atoms with Gasteiger partial charge < -0.3 is 10.4 Å². The molecule has 16 heavy (non-hydrogen) atoms. The molecule has 0 bridgehead atoms. The van der Waals surface area contributed by atoms with Crippen LogP contribution in [0.3, 0.4) is 0 Å². The van der Waals surface area contributed by atoms with Gasteiger partial charge in [-0.2, -0.15) is 0 Å². The Kier molecular flexibility index (Phi) is 4.22. The van der Waals surface area contributed by atoms with Gasteiger partial charge in [0.25, 0.3) is 0 Å². The summed E-state index contributed by atoms with van der Waals surface area (Å²) in [5.74, 6) is 0. The van der Waals surface area contributed by atoms with Gasteiger partial charge in [0.05, 0.1) is 6.10 Å². The van der Waals surface area contributed by atoms with Crippen LogP contribution in [-0.2, 0) is 6.54 Å². The zero-order valence-electron chi connectivity index (χ0n) is 9.32. The summed E-state index contributed by atoms with van der Waals surface area (Å²) in [6.45, 7) is 0.856. The molecule has 1 fully saturated rings.